The summed E-state index contributed by atoms with van der Waals surface area (Å²) in [7, 11) is 0. The van der Waals surface area contributed by atoms with Gasteiger partial charge in [0.25, 0.3) is 0 Å². The first-order valence-corrected chi connectivity index (χ1v) is 9.57. The lowest BCUT2D eigenvalue weighted by molar-refractivity contribution is -0.139. The summed E-state index contributed by atoms with van der Waals surface area (Å²) < 4.78 is 53.2. The molecule has 0 aliphatic carbocycles. The van der Waals surface area contributed by atoms with Gasteiger partial charge in [-0.15, -0.1) is 0 Å². The number of halogens is 4. The van der Waals surface area contributed by atoms with E-state index in [2.05, 4.69) is 10.4 Å². The Morgan fingerprint density at radius 2 is 1.93 bits per heavy atom. The third kappa shape index (κ3) is 4.28. The van der Waals surface area contributed by atoms with Gasteiger partial charge in [-0.1, -0.05) is 0 Å². The van der Waals surface area contributed by atoms with Crippen LogP contribution in [-0.2, 0) is 0 Å². The minimum Gasteiger partial charge on any atom is -0.314 e. The van der Waals surface area contributed by atoms with Crippen LogP contribution in [0.25, 0.3) is 16.6 Å². The summed E-state index contributed by atoms with van der Waals surface area (Å²) in [6.45, 7) is 3.82. The van der Waals surface area contributed by atoms with Crippen molar-refractivity contribution in [3.63, 3.8) is 0 Å². The van der Waals surface area contributed by atoms with Gasteiger partial charge in [-0.2, -0.15) is 18.3 Å². The molecule has 1 aliphatic heterocycles. The number of nitrogens with one attached hydrogen (secondary N) is 1. The molecule has 4 rings (SSSR count). The number of aryl methyl sites for hydroxylation is 1. The van der Waals surface area contributed by atoms with E-state index >= 15 is 0 Å². The maximum Gasteiger partial charge on any atom is 0.390 e. The van der Waals surface area contributed by atoms with E-state index in [-0.39, 0.29) is 18.4 Å². The lowest BCUT2D eigenvalue weighted by Crippen LogP contribution is -2.47. The van der Waals surface area contributed by atoms with Crippen molar-refractivity contribution in [2.75, 3.05) is 26.2 Å². The predicted octanol–water partition coefficient (Wildman–Crippen LogP) is 4.37. The van der Waals surface area contributed by atoms with Crippen molar-refractivity contribution >= 4 is 10.9 Å². The van der Waals surface area contributed by atoms with Crippen molar-refractivity contribution < 1.29 is 17.6 Å². The number of aromatic nitrogens is 2. The summed E-state index contributed by atoms with van der Waals surface area (Å²) in [4.78, 5) is 1.91. The van der Waals surface area contributed by atoms with Gasteiger partial charge in [-0.05, 0) is 54.4 Å². The second-order valence-electron chi connectivity index (χ2n) is 7.42. The Morgan fingerprint density at radius 3 is 2.66 bits per heavy atom. The van der Waals surface area contributed by atoms with Gasteiger partial charge in [0.1, 0.15) is 5.82 Å². The molecule has 0 spiro atoms. The van der Waals surface area contributed by atoms with Crippen LogP contribution in [0.4, 0.5) is 17.6 Å². The van der Waals surface area contributed by atoms with Crippen molar-refractivity contribution in [3.05, 3.63) is 59.5 Å². The summed E-state index contributed by atoms with van der Waals surface area (Å²) in [5.41, 5.74) is 3.63. The highest BCUT2D eigenvalue weighted by molar-refractivity contribution is 5.82. The maximum atomic E-state index is 13.2. The molecule has 0 radical (unpaired) electrons. The molecule has 0 amide bonds. The van der Waals surface area contributed by atoms with Gasteiger partial charge in [-0.25, -0.2) is 9.07 Å². The second kappa shape index (κ2) is 7.76. The van der Waals surface area contributed by atoms with Crippen LogP contribution in [0.3, 0.4) is 0 Å². The molecular weight excluding hydrogens is 384 g/mol. The molecule has 29 heavy (non-hydrogen) atoms. The van der Waals surface area contributed by atoms with Gasteiger partial charge in [0.2, 0.25) is 0 Å². The van der Waals surface area contributed by atoms with Crippen LogP contribution in [0.2, 0.25) is 0 Å². The Hall–Kier alpha value is -2.45. The first-order chi connectivity index (χ1) is 13.8. The molecule has 0 saturated carbocycles. The van der Waals surface area contributed by atoms with Gasteiger partial charge >= 0.3 is 6.18 Å². The molecule has 2 heterocycles. The van der Waals surface area contributed by atoms with Crippen LogP contribution in [0.1, 0.15) is 23.6 Å². The number of hydrogen-bond donors (Lipinski definition) is 1. The van der Waals surface area contributed by atoms with Crippen molar-refractivity contribution in [1.82, 2.24) is 20.0 Å². The van der Waals surface area contributed by atoms with E-state index in [1.165, 1.54) is 12.1 Å². The number of alkyl halides is 3. The summed E-state index contributed by atoms with van der Waals surface area (Å²) in [6.07, 6.45) is -3.24. The molecule has 1 atom stereocenters. The molecule has 3 aromatic rings. The third-order valence-corrected chi connectivity index (χ3v) is 5.42. The van der Waals surface area contributed by atoms with Crippen molar-refractivity contribution in [3.8, 4) is 5.69 Å². The normalized spacial score (nSPS) is 18.4. The van der Waals surface area contributed by atoms with Gasteiger partial charge in [0.15, 0.2) is 0 Å². The zero-order chi connectivity index (χ0) is 20.6. The minimum atomic E-state index is -4.16. The van der Waals surface area contributed by atoms with E-state index in [9.17, 15) is 17.6 Å². The lowest BCUT2D eigenvalue weighted by atomic mass is 9.96. The zero-order valence-electron chi connectivity index (χ0n) is 16.0. The fourth-order valence-corrected chi connectivity index (χ4v) is 3.93. The maximum absolute atomic E-state index is 13.2. The Bertz CT molecular complexity index is 994. The zero-order valence-corrected chi connectivity index (χ0v) is 16.0. The molecule has 0 bridgehead atoms. The standard InChI is InChI=1S/C21H22F4N4/c1-14-10-19-15(12-27-29(19)17-4-2-16(22)3-5-17)11-18(14)20-13-26-7-9-28(20)8-6-21(23,24)25/h2-5,10-12,20,26H,6-9,13H2,1H3. The summed E-state index contributed by atoms with van der Waals surface area (Å²) in [5, 5.41) is 8.62. The minimum absolute atomic E-state index is 0.0117. The number of fused-ring (bicyclic) bond motifs is 1. The van der Waals surface area contributed by atoms with Crippen molar-refractivity contribution in [2.24, 2.45) is 0 Å². The predicted molar refractivity (Wildman–Crippen MR) is 104 cm³/mol. The molecule has 1 fully saturated rings. The topological polar surface area (TPSA) is 33.1 Å². The van der Waals surface area contributed by atoms with Crippen LogP contribution >= 0.6 is 0 Å². The molecule has 2 aromatic carbocycles. The van der Waals surface area contributed by atoms with Gasteiger partial charge < -0.3 is 5.32 Å². The van der Waals surface area contributed by atoms with E-state index < -0.39 is 12.6 Å². The largest absolute Gasteiger partial charge is 0.390 e. The van der Waals surface area contributed by atoms with Crippen molar-refractivity contribution in [1.29, 1.82) is 0 Å². The molecule has 1 aliphatic rings. The second-order valence-corrected chi connectivity index (χ2v) is 7.42. The number of rotatable bonds is 4. The summed E-state index contributed by atoms with van der Waals surface area (Å²) in [6, 6.07) is 9.98. The summed E-state index contributed by atoms with van der Waals surface area (Å²) in [5.74, 6) is -0.313. The molecule has 1 aromatic heterocycles. The van der Waals surface area contributed by atoms with E-state index in [1.54, 1.807) is 23.0 Å². The van der Waals surface area contributed by atoms with Gasteiger partial charge in [-0.3, -0.25) is 4.90 Å². The number of benzene rings is 2. The molecule has 8 heteroatoms. The number of hydrogen-bond acceptors (Lipinski definition) is 3. The lowest BCUT2D eigenvalue weighted by Gasteiger charge is -2.37. The van der Waals surface area contributed by atoms with Crippen molar-refractivity contribution in [2.45, 2.75) is 25.6 Å². The average Bonchev–Trinajstić information content (AvgIpc) is 3.09. The fourth-order valence-electron chi connectivity index (χ4n) is 3.93. The van der Waals surface area contributed by atoms with Gasteiger partial charge in [0.05, 0.1) is 23.8 Å². The van der Waals surface area contributed by atoms with E-state index in [1.807, 2.05) is 24.0 Å². The van der Waals surface area contributed by atoms with E-state index in [0.717, 1.165) is 27.7 Å². The average molecular weight is 406 g/mol. The first kappa shape index (κ1) is 19.8. The van der Waals surface area contributed by atoms with Crippen LogP contribution in [0.5, 0.6) is 0 Å². The Kier molecular flexibility index (Phi) is 5.31. The molecule has 4 nitrogen and oxygen atoms in total. The number of nitrogens with zero attached hydrogens (tertiary/aromatic N) is 3. The molecule has 1 saturated heterocycles. The monoisotopic (exact) mass is 406 g/mol. The smallest absolute Gasteiger partial charge is 0.314 e. The molecule has 154 valence electrons. The van der Waals surface area contributed by atoms with E-state index in [4.69, 9.17) is 0 Å². The third-order valence-electron chi connectivity index (χ3n) is 5.42. The van der Waals surface area contributed by atoms with Crippen LogP contribution in [-0.4, -0.2) is 47.0 Å². The molecule has 1 unspecified atom stereocenters. The Labute approximate surface area is 166 Å². The fraction of sp³-hybridized carbons (Fsp3) is 0.381. The summed E-state index contributed by atoms with van der Waals surface area (Å²) >= 11 is 0. The SMILES string of the molecule is Cc1cc2c(cnn2-c2ccc(F)cc2)cc1C1CNCCN1CCC(F)(F)F. The highest BCUT2D eigenvalue weighted by Crippen LogP contribution is 2.31. The Morgan fingerprint density at radius 1 is 1.17 bits per heavy atom. The van der Waals surface area contributed by atoms with Crippen LogP contribution in [0, 0.1) is 12.7 Å². The number of piperazine rings is 1. The van der Waals surface area contributed by atoms with Crippen LogP contribution in [0.15, 0.2) is 42.6 Å². The highest BCUT2D eigenvalue weighted by Gasteiger charge is 2.32. The Balaban J connectivity index is 1.67. The molecule has 1 N–H and O–H groups in total. The molecular formula is C21H22F4N4. The quantitative estimate of drug-likeness (QED) is 0.653. The van der Waals surface area contributed by atoms with Crippen LogP contribution < -0.4 is 5.32 Å². The first-order valence-electron chi connectivity index (χ1n) is 9.57. The van der Waals surface area contributed by atoms with E-state index in [0.29, 0.717) is 19.6 Å². The highest BCUT2D eigenvalue weighted by atomic mass is 19.4. The van der Waals surface area contributed by atoms with Gasteiger partial charge in [0, 0.05) is 37.6 Å².